The molecule has 0 saturated carbocycles. The molecular formula is C16H15F3N2O4. The lowest BCUT2D eigenvalue weighted by atomic mass is 10.0. The maximum Gasteiger partial charge on any atom is 0.419 e. The topological polar surface area (TPSA) is 75.7 Å². The van der Waals surface area contributed by atoms with Gasteiger partial charge >= 0.3 is 6.18 Å². The second-order valence-corrected chi connectivity index (χ2v) is 5.84. The van der Waals surface area contributed by atoms with E-state index < -0.39 is 35.5 Å². The fourth-order valence-corrected chi connectivity index (χ4v) is 3.09. The van der Waals surface area contributed by atoms with E-state index in [1.807, 2.05) is 0 Å². The Morgan fingerprint density at radius 1 is 1.28 bits per heavy atom. The van der Waals surface area contributed by atoms with E-state index in [2.05, 4.69) is 5.32 Å². The van der Waals surface area contributed by atoms with E-state index >= 15 is 0 Å². The van der Waals surface area contributed by atoms with Crippen molar-refractivity contribution in [2.45, 2.75) is 38.5 Å². The fourth-order valence-electron chi connectivity index (χ4n) is 3.09. The Labute approximate surface area is 140 Å². The first-order valence-electron chi connectivity index (χ1n) is 7.74. The van der Waals surface area contributed by atoms with E-state index in [-0.39, 0.29) is 37.3 Å². The Morgan fingerprint density at radius 3 is 2.60 bits per heavy atom. The predicted molar refractivity (Wildman–Crippen MR) is 78.7 cm³/mol. The van der Waals surface area contributed by atoms with Crippen LogP contribution >= 0.6 is 0 Å². The Morgan fingerprint density at radius 2 is 2.00 bits per heavy atom. The van der Waals surface area contributed by atoms with Gasteiger partial charge < -0.3 is 9.64 Å². The van der Waals surface area contributed by atoms with Crippen molar-refractivity contribution in [3.8, 4) is 5.75 Å². The number of carbonyl (C=O) groups excluding carboxylic acids is 3. The van der Waals surface area contributed by atoms with Crippen molar-refractivity contribution in [3.05, 3.63) is 28.8 Å². The molecule has 0 bridgehead atoms. The van der Waals surface area contributed by atoms with Crippen LogP contribution in [0.3, 0.4) is 0 Å². The van der Waals surface area contributed by atoms with Crippen LogP contribution in [0.5, 0.6) is 5.75 Å². The molecular weight excluding hydrogens is 341 g/mol. The highest BCUT2D eigenvalue weighted by Gasteiger charge is 2.42. The minimum Gasteiger partial charge on any atom is -0.493 e. The van der Waals surface area contributed by atoms with Crippen molar-refractivity contribution in [1.82, 2.24) is 10.2 Å². The molecule has 3 rings (SSSR count). The second kappa shape index (κ2) is 6.05. The van der Waals surface area contributed by atoms with Crippen LogP contribution in [0.4, 0.5) is 13.2 Å². The van der Waals surface area contributed by atoms with Gasteiger partial charge in [0.25, 0.3) is 5.91 Å². The zero-order chi connectivity index (χ0) is 18.4. The van der Waals surface area contributed by atoms with Gasteiger partial charge in [0, 0.05) is 18.5 Å². The number of halogens is 3. The zero-order valence-electron chi connectivity index (χ0n) is 13.3. The van der Waals surface area contributed by atoms with Crippen LogP contribution in [0.2, 0.25) is 0 Å². The molecule has 3 amide bonds. The quantitative estimate of drug-likeness (QED) is 0.839. The van der Waals surface area contributed by atoms with E-state index in [0.717, 1.165) is 6.07 Å². The van der Waals surface area contributed by atoms with Gasteiger partial charge in [-0.05, 0) is 31.0 Å². The molecule has 134 valence electrons. The number of alkyl halides is 3. The standard InChI is InChI=1S/C16H15F3N2O4/c1-2-25-12-5-8-7-21(11-3-4-13(22)20-14(11)23)15(24)9(8)6-10(12)16(17,18)19/h5-6,11H,2-4,7H2,1H3,(H,20,22,23). The molecule has 2 heterocycles. The molecule has 0 aliphatic carbocycles. The summed E-state index contributed by atoms with van der Waals surface area (Å²) in [6, 6.07) is 1.10. The van der Waals surface area contributed by atoms with Crippen LogP contribution in [-0.2, 0) is 22.3 Å². The summed E-state index contributed by atoms with van der Waals surface area (Å²) >= 11 is 0. The molecule has 1 fully saturated rings. The largest absolute Gasteiger partial charge is 0.493 e. The van der Waals surface area contributed by atoms with E-state index in [4.69, 9.17) is 4.74 Å². The molecule has 1 unspecified atom stereocenters. The van der Waals surface area contributed by atoms with Crippen LogP contribution < -0.4 is 10.1 Å². The van der Waals surface area contributed by atoms with E-state index in [1.54, 1.807) is 6.92 Å². The lowest BCUT2D eigenvalue weighted by Gasteiger charge is -2.29. The lowest BCUT2D eigenvalue weighted by molar-refractivity contribution is -0.139. The number of rotatable bonds is 3. The predicted octanol–water partition coefficient (Wildman–Crippen LogP) is 1.87. The molecule has 0 aromatic heterocycles. The van der Waals surface area contributed by atoms with Gasteiger partial charge in [-0.15, -0.1) is 0 Å². The van der Waals surface area contributed by atoms with Crippen molar-refractivity contribution in [1.29, 1.82) is 0 Å². The Hall–Kier alpha value is -2.58. The Bertz CT molecular complexity index is 760. The van der Waals surface area contributed by atoms with Gasteiger partial charge in [0.05, 0.1) is 12.2 Å². The highest BCUT2D eigenvalue weighted by Crippen LogP contribution is 2.40. The molecule has 1 saturated heterocycles. The number of ether oxygens (including phenoxy) is 1. The maximum atomic E-state index is 13.2. The summed E-state index contributed by atoms with van der Waals surface area (Å²) in [6.45, 7) is 1.61. The minimum absolute atomic E-state index is 0.00133. The first-order valence-corrected chi connectivity index (χ1v) is 7.74. The summed E-state index contributed by atoms with van der Waals surface area (Å²) in [5, 5.41) is 2.14. The maximum absolute atomic E-state index is 13.2. The third kappa shape index (κ3) is 3.06. The van der Waals surface area contributed by atoms with Gasteiger partial charge in [-0.3, -0.25) is 19.7 Å². The third-order valence-electron chi connectivity index (χ3n) is 4.23. The molecule has 2 aliphatic rings. The summed E-state index contributed by atoms with van der Waals surface area (Å²) in [6.07, 6.45) is -4.44. The Kier molecular flexibility index (Phi) is 4.18. The highest BCUT2D eigenvalue weighted by atomic mass is 19.4. The lowest BCUT2D eigenvalue weighted by Crippen LogP contribution is -2.52. The molecule has 0 radical (unpaired) electrons. The van der Waals surface area contributed by atoms with Crippen molar-refractivity contribution < 1.29 is 32.3 Å². The highest BCUT2D eigenvalue weighted by molar-refractivity contribution is 6.05. The molecule has 9 heteroatoms. The van der Waals surface area contributed by atoms with Crippen LogP contribution in [-0.4, -0.2) is 35.3 Å². The average molecular weight is 356 g/mol. The van der Waals surface area contributed by atoms with Gasteiger partial charge in [0.2, 0.25) is 11.8 Å². The first kappa shape index (κ1) is 17.2. The number of nitrogens with one attached hydrogen (secondary N) is 1. The first-order chi connectivity index (χ1) is 11.7. The molecule has 25 heavy (non-hydrogen) atoms. The monoisotopic (exact) mass is 356 g/mol. The fraction of sp³-hybridized carbons (Fsp3) is 0.438. The number of carbonyl (C=O) groups is 3. The van der Waals surface area contributed by atoms with Crippen LogP contribution in [0.15, 0.2) is 12.1 Å². The van der Waals surface area contributed by atoms with Gasteiger partial charge in [-0.2, -0.15) is 13.2 Å². The number of hydrogen-bond donors (Lipinski definition) is 1. The molecule has 0 spiro atoms. The molecule has 1 N–H and O–H groups in total. The molecule has 1 atom stereocenters. The number of imide groups is 1. The minimum atomic E-state index is -4.66. The molecule has 1 aromatic rings. The van der Waals surface area contributed by atoms with Crippen molar-refractivity contribution >= 4 is 17.7 Å². The molecule has 6 nitrogen and oxygen atoms in total. The molecule has 1 aromatic carbocycles. The third-order valence-corrected chi connectivity index (χ3v) is 4.23. The molecule has 2 aliphatic heterocycles. The van der Waals surface area contributed by atoms with Crippen LogP contribution in [0, 0.1) is 0 Å². The van der Waals surface area contributed by atoms with Crippen molar-refractivity contribution in [2.24, 2.45) is 0 Å². The van der Waals surface area contributed by atoms with Gasteiger partial charge in [0.15, 0.2) is 0 Å². The summed E-state index contributed by atoms with van der Waals surface area (Å²) in [5.41, 5.74) is -0.752. The number of piperidine rings is 1. The van der Waals surface area contributed by atoms with Crippen molar-refractivity contribution in [3.63, 3.8) is 0 Å². The van der Waals surface area contributed by atoms with E-state index in [1.165, 1.54) is 11.0 Å². The number of amides is 3. The van der Waals surface area contributed by atoms with Crippen molar-refractivity contribution in [2.75, 3.05) is 6.61 Å². The number of fused-ring (bicyclic) bond motifs is 1. The van der Waals surface area contributed by atoms with E-state index in [0.29, 0.717) is 5.56 Å². The van der Waals surface area contributed by atoms with Gasteiger partial charge in [-0.1, -0.05) is 0 Å². The van der Waals surface area contributed by atoms with Crippen LogP contribution in [0.25, 0.3) is 0 Å². The number of nitrogens with zero attached hydrogens (tertiary/aromatic N) is 1. The Balaban J connectivity index is 1.96. The summed E-state index contributed by atoms with van der Waals surface area (Å²) in [4.78, 5) is 36.9. The zero-order valence-corrected chi connectivity index (χ0v) is 13.3. The average Bonchev–Trinajstić information content (AvgIpc) is 2.82. The summed E-state index contributed by atoms with van der Waals surface area (Å²) < 4.78 is 44.7. The SMILES string of the molecule is CCOc1cc2c(cc1C(F)(F)F)C(=O)N(C1CCC(=O)NC1=O)C2. The van der Waals surface area contributed by atoms with Gasteiger partial charge in [-0.25, -0.2) is 0 Å². The number of hydrogen-bond acceptors (Lipinski definition) is 4. The normalized spacial score (nSPS) is 20.6. The van der Waals surface area contributed by atoms with E-state index in [9.17, 15) is 27.6 Å². The smallest absolute Gasteiger partial charge is 0.419 e. The van der Waals surface area contributed by atoms with Crippen LogP contribution in [0.1, 0.15) is 41.3 Å². The van der Waals surface area contributed by atoms with Gasteiger partial charge in [0.1, 0.15) is 11.8 Å². The number of benzene rings is 1. The summed E-state index contributed by atoms with van der Waals surface area (Å²) in [5.74, 6) is -2.04. The second-order valence-electron chi connectivity index (χ2n) is 5.84. The summed E-state index contributed by atoms with van der Waals surface area (Å²) in [7, 11) is 0.